The number of benzene rings is 4. The van der Waals surface area contributed by atoms with Crippen molar-refractivity contribution < 1.29 is 17.9 Å². The van der Waals surface area contributed by atoms with Gasteiger partial charge in [0.15, 0.2) is 11.6 Å². The largest absolute Gasteiger partial charge is 0.494 e. The monoisotopic (exact) mass is 511 g/mol. The van der Waals surface area contributed by atoms with Crippen LogP contribution in [0.5, 0.6) is 5.75 Å². The highest BCUT2D eigenvalue weighted by Crippen LogP contribution is 2.29. The van der Waals surface area contributed by atoms with Crippen LogP contribution in [0.4, 0.5) is 13.2 Å². The first-order chi connectivity index (χ1) is 18.5. The molecule has 5 heteroatoms. The molecule has 0 atom stereocenters. The Morgan fingerprint density at radius 1 is 0.658 bits per heavy atom. The molecule has 0 aliphatic rings. The van der Waals surface area contributed by atoms with Crippen molar-refractivity contribution >= 4 is 21.8 Å². The van der Waals surface area contributed by atoms with Crippen LogP contribution in [-0.2, 0) is 0 Å². The molecular formula is C33H28F3NO. The summed E-state index contributed by atoms with van der Waals surface area (Å²) in [6, 6.07) is 19.9. The molecule has 0 saturated heterocycles. The number of unbranched alkanes of at least 4 members (excludes halogenated alkanes) is 4. The summed E-state index contributed by atoms with van der Waals surface area (Å²) in [6.45, 7) is 2.93. The second-order valence-electron chi connectivity index (χ2n) is 9.43. The summed E-state index contributed by atoms with van der Waals surface area (Å²) >= 11 is 0. The van der Waals surface area contributed by atoms with Crippen molar-refractivity contribution in [1.82, 2.24) is 4.98 Å². The molecule has 38 heavy (non-hydrogen) atoms. The molecule has 5 aromatic rings. The van der Waals surface area contributed by atoms with Gasteiger partial charge in [0, 0.05) is 27.9 Å². The molecule has 0 aliphatic carbocycles. The van der Waals surface area contributed by atoms with Gasteiger partial charge in [0.1, 0.15) is 11.6 Å². The summed E-state index contributed by atoms with van der Waals surface area (Å²) < 4.78 is 47.4. The molecule has 0 spiro atoms. The Morgan fingerprint density at radius 3 is 2.13 bits per heavy atom. The Bertz CT molecular complexity index is 1660. The fourth-order valence-corrected chi connectivity index (χ4v) is 4.56. The third kappa shape index (κ3) is 5.70. The third-order valence-electron chi connectivity index (χ3n) is 6.65. The number of fused-ring (bicyclic) bond motifs is 3. The van der Waals surface area contributed by atoms with Crippen LogP contribution >= 0.6 is 0 Å². The Kier molecular flexibility index (Phi) is 7.70. The molecule has 0 fully saturated rings. The van der Waals surface area contributed by atoms with Gasteiger partial charge >= 0.3 is 0 Å². The van der Waals surface area contributed by atoms with E-state index < -0.39 is 17.5 Å². The number of ether oxygens (including phenoxy) is 1. The number of halogens is 3. The lowest BCUT2D eigenvalue weighted by atomic mass is 10.0. The van der Waals surface area contributed by atoms with Gasteiger partial charge < -0.3 is 9.72 Å². The number of aromatic nitrogens is 1. The van der Waals surface area contributed by atoms with E-state index in [0.717, 1.165) is 51.7 Å². The van der Waals surface area contributed by atoms with Gasteiger partial charge in [0.05, 0.1) is 17.7 Å². The second-order valence-corrected chi connectivity index (χ2v) is 9.43. The van der Waals surface area contributed by atoms with E-state index in [1.165, 1.54) is 37.8 Å². The van der Waals surface area contributed by atoms with E-state index in [2.05, 4.69) is 29.8 Å². The average Bonchev–Trinajstić information content (AvgIpc) is 3.28. The Balaban J connectivity index is 1.32. The van der Waals surface area contributed by atoms with E-state index >= 15 is 0 Å². The van der Waals surface area contributed by atoms with E-state index in [-0.39, 0.29) is 5.56 Å². The molecule has 5 rings (SSSR count). The molecule has 1 heterocycles. The highest BCUT2D eigenvalue weighted by molar-refractivity contribution is 6.07. The third-order valence-corrected chi connectivity index (χ3v) is 6.65. The van der Waals surface area contributed by atoms with Crippen LogP contribution in [-0.4, -0.2) is 11.6 Å². The number of hydrogen-bond acceptors (Lipinski definition) is 1. The Morgan fingerprint density at radius 2 is 1.37 bits per heavy atom. The Labute approximate surface area is 220 Å². The van der Waals surface area contributed by atoms with Crippen LogP contribution in [0.1, 0.15) is 50.2 Å². The van der Waals surface area contributed by atoms with Crippen molar-refractivity contribution in [2.24, 2.45) is 0 Å². The van der Waals surface area contributed by atoms with Crippen LogP contribution in [0.3, 0.4) is 0 Å². The van der Waals surface area contributed by atoms with E-state index in [4.69, 9.17) is 4.74 Å². The van der Waals surface area contributed by atoms with Crippen molar-refractivity contribution in [3.63, 3.8) is 0 Å². The summed E-state index contributed by atoms with van der Waals surface area (Å²) in [5.41, 5.74) is 3.75. The van der Waals surface area contributed by atoms with Crippen LogP contribution in [0, 0.1) is 29.3 Å². The van der Waals surface area contributed by atoms with Gasteiger partial charge in [-0.3, -0.25) is 0 Å². The molecule has 0 amide bonds. The second kappa shape index (κ2) is 11.5. The van der Waals surface area contributed by atoms with E-state index in [0.29, 0.717) is 17.7 Å². The maximum atomic E-state index is 14.7. The highest BCUT2D eigenvalue weighted by atomic mass is 19.2. The number of nitrogens with one attached hydrogen (secondary N) is 1. The number of rotatable bonds is 8. The molecule has 4 aromatic carbocycles. The van der Waals surface area contributed by atoms with Crippen LogP contribution in [0.15, 0.2) is 72.8 Å². The average molecular weight is 512 g/mol. The minimum Gasteiger partial charge on any atom is -0.494 e. The fraction of sp³-hybridized carbons (Fsp3) is 0.212. The highest BCUT2D eigenvalue weighted by Gasteiger charge is 2.09. The van der Waals surface area contributed by atoms with Gasteiger partial charge in [-0.2, -0.15) is 0 Å². The predicted molar refractivity (Wildman–Crippen MR) is 148 cm³/mol. The zero-order valence-corrected chi connectivity index (χ0v) is 21.2. The minimum absolute atomic E-state index is 0.226. The summed E-state index contributed by atoms with van der Waals surface area (Å²) in [4.78, 5) is 3.44. The van der Waals surface area contributed by atoms with Crippen molar-refractivity contribution in [2.75, 3.05) is 6.61 Å². The van der Waals surface area contributed by atoms with Gasteiger partial charge in [0.2, 0.25) is 0 Å². The maximum Gasteiger partial charge on any atom is 0.159 e. The normalized spacial score (nSPS) is 11.1. The van der Waals surface area contributed by atoms with Gasteiger partial charge in [-0.25, -0.2) is 13.2 Å². The topological polar surface area (TPSA) is 25.0 Å². The van der Waals surface area contributed by atoms with E-state index in [1.54, 1.807) is 12.1 Å². The summed E-state index contributed by atoms with van der Waals surface area (Å²) in [5.74, 6) is 4.33. The molecule has 0 bridgehead atoms. The number of H-pyrrole nitrogens is 1. The number of aromatic amines is 1. The van der Waals surface area contributed by atoms with Gasteiger partial charge in [-0.15, -0.1) is 0 Å². The quantitative estimate of drug-likeness (QED) is 0.163. The molecule has 1 N–H and O–H groups in total. The SMILES string of the molecule is CCCCCCCOc1ccc2c(c1)[nH]c1cc(C#Cc3ccc(-c4ccc(F)c(F)c4)cc3F)ccc12. The predicted octanol–water partition coefficient (Wildman–Crippen LogP) is 9.15. The molecule has 1 aromatic heterocycles. The first-order valence-corrected chi connectivity index (χ1v) is 13.0. The maximum absolute atomic E-state index is 14.7. The van der Waals surface area contributed by atoms with Crippen LogP contribution < -0.4 is 4.74 Å². The summed E-state index contributed by atoms with van der Waals surface area (Å²) in [5, 5.41) is 2.19. The molecular weight excluding hydrogens is 483 g/mol. The number of hydrogen-bond donors (Lipinski definition) is 1. The van der Waals surface area contributed by atoms with Gasteiger partial charge in [-0.05, 0) is 66.1 Å². The van der Waals surface area contributed by atoms with E-state index in [1.807, 2.05) is 30.3 Å². The molecule has 192 valence electrons. The summed E-state index contributed by atoms with van der Waals surface area (Å²) in [7, 11) is 0. The van der Waals surface area contributed by atoms with Crippen LogP contribution in [0.25, 0.3) is 32.9 Å². The standard InChI is InChI=1S/C33H28F3NO/c1-2-3-4-5-6-17-38-26-13-15-28-27-14-8-22(18-32(27)37-33(28)21-26)7-9-23-10-11-24(19-30(23)35)25-12-16-29(34)31(36)20-25/h8,10-16,18-21,37H,2-6,17H2,1H3. The molecule has 0 aliphatic heterocycles. The fourth-order valence-electron chi connectivity index (χ4n) is 4.56. The van der Waals surface area contributed by atoms with E-state index in [9.17, 15) is 13.2 Å². The van der Waals surface area contributed by atoms with Crippen molar-refractivity contribution in [3.05, 3.63) is 101 Å². The van der Waals surface area contributed by atoms with Crippen LogP contribution in [0.2, 0.25) is 0 Å². The first kappa shape index (κ1) is 25.5. The lowest BCUT2D eigenvalue weighted by Gasteiger charge is -2.06. The van der Waals surface area contributed by atoms with Crippen molar-refractivity contribution in [2.45, 2.75) is 39.0 Å². The Hall–Kier alpha value is -4.17. The lowest BCUT2D eigenvalue weighted by Crippen LogP contribution is -1.97. The zero-order chi connectivity index (χ0) is 26.5. The smallest absolute Gasteiger partial charge is 0.159 e. The first-order valence-electron chi connectivity index (χ1n) is 13.0. The molecule has 0 radical (unpaired) electrons. The van der Waals surface area contributed by atoms with Gasteiger partial charge in [0.25, 0.3) is 0 Å². The van der Waals surface area contributed by atoms with Gasteiger partial charge in [-0.1, -0.05) is 62.6 Å². The lowest BCUT2D eigenvalue weighted by molar-refractivity contribution is 0.305. The van der Waals surface area contributed by atoms with Crippen molar-refractivity contribution in [3.8, 4) is 28.7 Å². The molecule has 0 unspecified atom stereocenters. The zero-order valence-electron chi connectivity index (χ0n) is 21.2. The van der Waals surface area contributed by atoms with Crippen molar-refractivity contribution in [1.29, 1.82) is 0 Å². The minimum atomic E-state index is -0.972. The molecule has 0 saturated carbocycles. The summed E-state index contributed by atoms with van der Waals surface area (Å²) in [6.07, 6.45) is 6.00. The molecule has 2 nitrogen and oxygen atoms in total.